The minimum absolute atomic E-state index is 0.197. The fourth-order valence-electron chi connectivity index (χ4n) is 3.49. The summed E-state index contributed by atoms with van der Waals surface area (Å²) in [5, 5.41) is 10.1. The maximum absolute atomic E-state index is 11.0. The van der Waals surface area contributed by atoms with E-state index in [-0.39, 0.29) is 10.8 Å². The predicted molar refractivity (Wildman–Crippen MR) is 129 cm³/mol. The summed E-state index contributed by atoms with van der Waals surface area (Å²) in [5.74, 6) is -0.877. The number of halogens is 3. The quantitative estimate of drug-likeness (QED) is 0.226. The van der Waals surface area contributed by atoms with Gasteiger partial charge >= 0.3 is 5.97 Å². The van der Waals surface area contributed by atoms with Gasteiger partial charge in [-0.2, -0.15) is 0 Å². The third-order valence-electron chi connectivity index (χ3n) is 5.40. The first-order valence-corrected chi connectivity index (χ1v) is 12.6. The van der Waals surface area contributed by atoms with Crippen LogP contribution in [-0.2, 0) is 11.2 Å². The van der Waals surface area contributed by atoms with Crippen molar-refractivity contribution in [1.82, 2.24) is 0 Å². The first-order chi connectivity index (χ1) is 14.4. The smallest absolute Gasteiger partial charge is 0.344 e. The monoisotopic (exact) mass is 478 g/mol. The van der Waals surface area contributed by atoms with Gasteiger partial charge in [0.1, 0.15) is 0 Å². The zero-order chi connectivity index (χ0) is 22.4. The van der Waals surface area contributed by atoms with E-state index in [0.29, 0.717) is 10.0 Å². The maximum atomic E-state index is 11.0. The molecule has 30 heavy (non-hydrogen) atoms. The molecular weight excluding hydrogens is 443 g/mol. The minimum atomic E-state index is -1.07. The van der Waals surface area contributed by atoms with Gasteiger partial charge in [-0.25, -0.2) is 4.79 Å². The first kappa shape index (κ1) is 27.4. The van der Waals surface area contributed by atoms with Crippen LogP contribution in [-0.4, -0.2) is 17.2 Å². The molecule has 1 atom stereocenters. The van der Waals surface area contributed by atoms with Crippen LogP contribution < -0.4 is 4.74 Å². The summed E-state index contributed by atoms with van der Waals surface area (Å²) in [6.45, 7) is 3.70. The second kappa shape index (κ2) is 16.1. The van der Waals surface area contributed by atoms with E-state index in [1.54, 1.807) is 6.07 Å². The lowest BCUT2D eigenvalue weighted by atomic mass is 10.0. The third kappa shape index (κ3) is 10.6. The Bertz CT molecular complexity index is 635. The summed E-state index contributed by atoms with van der Waals surface area (Å²) in [6, 6.07) is 1.58. The average Bonchev–Trinajstić information content (AvgIpc) is 2.70. The lowest BCUT2D eigenvalue weighted by molar-refractivity contribution is -0.144. The molecule has 0 aromatic heterocycles. The number of ether oxygens (including phenoxy) is 1. The molecule has 0 amide bonds. The van der Waals surface area contributed by atoms with Gasteiger partial charge in [0.2, 0.25) is 0 Å². The zero-order valence-corrected chi connectivity index (χ0v) is 20.7. The van der Waals surface area contributed by atoms with Gasteiger partial charge in [-0.15, -0.1) is 0 Å². The normalized spacial score (nSPS) is 12.2. The molecule has 0 aliphatic rings. The van der Waals surface area contributed by atoms with Gasteiger partial charge in [-0.05, 0) is 31.4 Å². The van der Waals surface area contributed by atoms with Crippen molar-refractivity contribution >= 4 is 40.8 Å². The first-order valence-electron chi connectivity index (χ1n) is 11.4. The van der Waals surface area contributed by atoms with Crippen LogP contribution in [0.2, 0.25) is 15.1 Å². The highest BCUT2D eigenvalue weighted by Gasteiger charge is 2.21. The van der Waals surface area contributed by atoms with Crippen molar-refractivity contribution in [1.29, 1.82) is 0 Å². The van der Waals surface area contributed by atoms with Gasteiger partial charge in [0.05, 0.1) is 10.0 Å². The van der Waals surface area contributed by atoms with Crippen molar-refractivity contribution in [2.45, 2.75) is 110 Å². The number of carboxylic acids is 1. The molecule has 1 aromatic carbocycles. The summed E-state index contributed by atoms with van der Waals surface area (Å²) in [4.78, 5) is 11.0. The van der Waals surface area contributed by atoms with Crippen LogP contribution in [0.4, 0.5) is 0 Å². The van der Waals surface area contributed by atoms with E-state index in [4.69, 9.17) is 44.6 Å². The van der Waals surface area contributed by atoms with Crippen LogP contribution in [0.1, 0.15) is 103 Å². The van der Waals surface area contributed by atoms with E-state index in [0.717, 1.165) is 24.8 Å². The van der Waals surface area contributed by atoms with Gasteiger partial charge in [0.25, 0.3) is 0 Å². The van der Waals surface area contributed by atoms with Crippen LogP contribution in [0.3, 0.4) is 0 Å². The third-order valence-corrected chi connectivity index (χ3v) is 6.41. The highest BCUT2D eigenvalue weighted by atomic mass is 35.5. The molecule has 0 radical (unpaired) electrons. The van der Waals surface area contributed by atoms with Gasteiger partial charge in [-0.1, -0.05) is 119 Å². The molecule has 172 valence electrons. The molecule has 1 N–H and O–H groups in total. The lowest BCUT2D eigenvalue weighted by Crippen LogP contribution is -2.23. The number of carboxylic acid groups (broad SMARTS) is 1. The SMILES string of the molecule is CCCCCCCCCCCCCCCc1c(Cl)cc(Cl)c(OC(C)C(=O)O)c1Cl. The Morgan fingerprint density at radius 3 is 1.80 bits per heavy atom. The summed E-state index contributed by atoms with van der Waals surface area (Å²) in [6.07, 6.45) is 16.5. The second-order valence-electron chi connectivity index (χ2n) is 8.05. The molecule has 3 nitrogen and oxygen atoms in total. The number of aliphatic carboxylic acids is 1. The van der Waals surface area contributed by atoms with Crippen LogP contribution >= 0.6 is 34.8 Å². The standard InChI is InChI=1S/C24H37Cl3O3/c1-3-4-5-6-7-8-9-10-11-12-13-14-15-16-19-20(25)17-21(26)23(22(19)27)30-18(2)24(28)29/h17-18H,3-16H2,1-2H3,(H,28,29). The molecule has 0 spiro atoms. The molecule has 0 fully saturated rings. The molecule has 1 aromatic rings. The van der Waals surface area contributed by atoms with Crippen LogP contribution in [0, 0.1) is 0 Å². The van der Waals surface area contributed by atoms with Crippen LogP contribution in [0.5, 0.6) is 5.75 Å². The Labute approximate surface area is 197 Å². The van der Waals surface area contributed by atoms with Crippen molar-refractivity contribution in [3.8, 4) is 5.75 Å². The van der Waals surface area contributed by atoms with E-state index in [1.165, 1.54) is 77.6 Å². The summed E-state index contributed by atoms with van der Waals surface area (Å²) < 4.78 is 5.43. The highest BCUT2D eigenvalue weighted by molar-refractivity contribution is 6.41. The highest BCUT2D eigenvalue weighted by Crippen LogP contribution is 2.41. The Kier molecular flexibility index (Phi) is 14.7. The lowest BCUT2D eigenvalue weighted by Gasteiger charge is -2.17. The van der Waals surface area contributed by atoms with Crippen molar-refractivity contribution in [3.05, 3.63) is 26.7 Å². The molecule has 1 unspecified atom stereocenters. The number of hydrogen-bond acceptors (Lipinski definition) is 2. The number of hydrogen-bond donors (Lipinski definition) is 1. The predicted octanol–water partition coefficient (Wildman–Crippen LogP) is 9.13. The number of unbranched alkanes of at least 4 members (excludes halogenated alkanes) is 12. The molecule has 1 rings (SSSR count). The Balaban J connectivity index is 2.27. The van der Waals surface area contributed by atoms with Crippen molar-refractivity contribution in [2.24, 2.45) is 0 Å². The van der Waals surface area contributed by atoms with E-state index in [9.17, 15) is 4.79 Å². The Morgan fingerprint density at radius 2 is 1.33 bits per heavy atom. The van der Waals surface area contributed by atoms with E-state index >= 15 is 0 Å². The number of rotatable bonds is 17. The molecule has 0 aliphatic heterocycles. The van der Waals surface area contributed by atoms with E-state index in [1.807, 2.05) is 0 Å². The Hall–Kier alpha value is -0.640. The van der Waals surface area contributed by atoms with Crippen LogP contribution in [0.25, 0.3) is 0 Å². The maximum Gasteiger partial charge on any atom is 0.344 e. The van der Waals surface area contributed by atoms with Gasteiger partial charge in [-0.3, -0.25) is 0 Å². The van der Waals surface area contributed by atoms with Gasteiger partial charge < -0.3 is 9.84 Å². The van der Waals surface area contributed by atoms with E-state index in [2.05, 4.69) is 6.92 Å². The largest absolute Gasteiger partial charge is 0.479 e. The van der Waals surface area contributed by atoms with Gasteiger partial charge in [0, 0.05) is 5.02 Å². The van der Waals surface area contributed by atoms with Gasteiger partial charge in [0.15, 0.2) is 11.9 Å². The van der Waals surface area contributed by atoms with Crippen molar-refractivity contribution in [3.63, 3.8) is 0 Å². The molecule has 0 aliphatic carbocycles. The summed E-state index contributed by atoms with van der Waals surface area (Å²) >= 11 is 18.9. The summed E-state index contributed by atoms with van der Waals surface area (Å²) in [7, 11) is 0. The van der Waals surface area contributed by atoms with Crippen LogP contribution in [0.15, 0.2) is 6.07 Å². The topological polar surface area (TPSA) is 46.5 Å². The summed E-state index contributed by atoms with van der Waals surface area (Å²) in [5.41, 5.74) is 0.776. The minimum Gasteiger partial charge on any atom is -0.479 e. The average molecular weight is 480 g/mol. The molecule has 0 saturated carbocycles. The molecule has 0 saturated heterocycles. The van der Waals surface area contributed by atoms with Crippen molar-refractivity contribution < 1.29 is 14.6 Å². The molecular formula is C24H37Cl3O3. The van der Waals surface area contributed by atoms with E-state index < -0.39 is 12.1 Å². The molecule has 6 heteroatoms. The fourth-order valence-corrected chi connectivity index (χ4v) is 4.54. The number of benzene rings is 1. The molecule has 0 heterocycles. The number of carbonyl (C=O) groups is 1. The van der Waals surface area contributed by atoms with Crippen molar-refractivity contribution in [2.75, 3.05) is 0 Å². The Morgan fingerprint density at radius 1 is 0.867 bits per heavy atom. The fraction of sp³-hybridized carbons (Fsp3) is 0.708. The second-order valence-corrected chi connectivity index (χ2v) is 9.25. The molecule has 0 bridgehead atoms. The zero-order valence-electron chi connectivity index (χ0n) is 18.5.